The molecule has 1 atom stereocenters. The first-order valence-corrected chi connectivity index (χ1v) is 10.1. The first-order chi connectivity index (χ1) is 12.6. The summed E-state index contributed by atoms with van der Waals surface area (Å²) < 4.78 is 43.9. The van der Waals surface area contributed by atoms with Gasteiger partial charge in [0.1, 0.15) is 18.1 Å². The number of carbonyl (C=O) groups excluding carboxylic acids is 1. The van der Waals surface area contributed by atoms with E-state index in [-0.39, 0.29) is 5.82 Å². The molecule has 0 aliphatic carbocycles. The SMILES string of the molecule is COc1ccc(C)cc1N(CC(=O)N[C@H](C)c1ccc(F)cc1)S(C)(=O)=O. The van der Waals surface area contributed by atoms with E-state index in [1.807, 2.05) is 6.92 Å². The summed E-state index contributed by atoms with van der Waals surface area (Å²) in [4.78, 5) is 12.5. The van der Waals surface area contributed by atoms with Crippen LogP contribution in [0.2, 0.25) is 0 Å². The number of hydrogen-bond acceptors (Lipinski definition) is 4. The molecule has 0 unspecified atom stereocenters. The van der Waals surface area contributed by atoms with Gasteiger partial charge in [0.05, 0.1) is 25.1 Å². The number of rotatable bonds is 7. The molecule has 8 heteroatoms. The number of sulfonamides is 1. The second-order valence-electron chi connectivity index (χ2n) is 6.29. The average Bonchev–Trinajstić information content (AvgIpc) is 2.59. The summed E-state index contributed by atoms with van der Waals surface area (Å²) >= 11 is 0. The molecule has 2 aromatic carbocycles. The molecule has 1 N–H and O–H groups in total. The lowest BCUT2D eigenvalue weighted by atomic mass is 10.1. The maximum atomic E-state index is 13.0. The highest BCUT2D eigenvalue weighted by Gasteiger charge is 2.24. The first-order valence-electron chi connectivity index (χ1n) is 8.29. The lowest BCUT2D eigenvalue weighted by Crippen LogP contribution is -2.41. The molecule has 146 valence electrons. The Hall–Kier alpha value is -2.61. The Labute approximate surface area is 159 Å². The van der Waals surface area contributed by atoms with Crippen LogP contribution in [0.5, 0.6) is 5.75 Å². The van der Waals surface area contributed by atoms with Crippen LogP contribution < -0.4 is 14.4 Å². The van der Waals surface area contributed by atoms with E-state index in [9.17, 15) is 17.6 Å². The summed E-state index contributed by atoms with van der Waals surface area (Å²) in [5, 5.41) is 2.73. The van der Waals surface area contributed by atoms with E-state index in [4.69, 9.17) is 4.74 Å². The van der Waals surface area contributed by atoms with Crippen molar-refractivity contribution in [2.45, 2.75) is 19.9 Å². The molecule has 0 fully saturated rings. The summed E-state index contributed by atoms with van der Waals surface area (Å²) in [5.74, 6) is -0.502. The number of nitrogens with one attached hydrogen (secondary N) is 1. The van der Waals surface area contributed by atoms with Crippen molar-refractivity contribution in [2.75, 3.05) is 24.2 Å². The van der Waals surface area contributed by atoms with Crippen LogP contribution in [0.15, 0.2) is 42.5 Å². The smallest absolute Gasteiger partial charge is 0.241 e. The number of amides is 1. The van der Waals surface area contributed by atoms with E-state index in [2.05, 4.69) is 5.32 Å². The summed E-state index contributed by atoms with van der Waals surface area (Å²) in [6.45, 7) is 3.16. The van der Waals surface area contributed by atoms with Crippen LogP contribution in [0.4, 0.5) is 10.1 Å². The van der Waals surface area contributed by atoms with Gasteiger partial charge in [0.25, 0.3) is 0 Å². The Morgan fingerprint density at radius 3 is 2.41 bits per heavy atom. The van der Waals surface area contributed by atoms with Crippen molar-refractivity contribution < 1.29 is 22.3 Å². The standard InChI is InChI=1S/C19H23FN2O4S/c1-13-5-10-18(26-3)17(11-13)22(27(4,24)25)12-19(23)21-14(2)15-6-8-16(20)9-7-15/h5-11,14H,12H2,1-4H3,(H,21,23)/t14-/m1/s1. The largest absolute Gasteiger partial charge is 0.495 e. The molecule has 0 spiro atoms. The number of benzene rings is 2. The van der Waals surface area contributed by atoms with Gasteiger partial charge in [-0.3, -0.25) is 9.10 Å². The van der Waals surface area contributed by atoms with Gasteiger partial charge in [0.15, 0.2) is 0 Å². The zero-order chi connectivity index (χ0) is 20.2. The number of carbonyl (C=O) groups is 1. The van der Waals surface area contributed by atoms with Crippen LogP contribution in [0.3, 0.4) is 0 Å². The molecule has 1 amide bonds. The van der Waals surface area contributed by atoms with E-state index in [0.29, 0.717) is 17.0 Å². The number of ether oxygens (including phenoxy) is 1. The number of hydrogen-bond donors (Lipinski definition) is 1. The lowest BCUT2D eigenvalue weighted by molar-refractivity contribution is -0.120. The molecule has 0 saturated heterocycles. The molecular weight excluding hydrogens is 371 g/mol. The highest BCUT2D eigenvalue weighted by atomic mass is 32.2. The van der Waals surface area contributed by atoms with E-state index in [1.54, 1.807) is 37.3 Å². The van der Waals surface area contributed by atoms with Crippen LogP contribution in [-0.2, 0) is 14.8 Å². The fraction of sp³-hybridized carbons (Fsp3) is 0.316. The molecule has 2 rings (SSSR count). The van der Waals surface area contributed by atoms with Gasteiger partial charge in [-0.15, -0.1) is 0 Å². The first kappa shape index (κ1) is 20.7. The molecule has 0 heterocycles. The molecule has 2 aromatic rings. The van der Waals surface area contributed by atoms with Crippen LogP contribution >= 0.6 is 0 Å². The predicted molar refractivity (Wildman–Crippen MR) is 103 cm³/mol. The highest BCUT2D eigenvalue weighted by molar-refractivity contribution is 7.92. The van der Waals surface area contributed by atoms with Crippen molar-refractivity contribution in [3.63, 3.8) is 0 Å². The van der Waals surface area contributed by atoms with Gasteiger partial charge in [-0.1, -0.05) is 18.2 Å². The minimum Gasteiger partial charge on any atom is -0.495 e. The zero-order valence-corrected chi connectivity index (χ0v) is 16.5. The number of methoxy groups -OCH3 is 1. The number of aryl methyl sites for hydroxylation is 1. The van der Waals surface area contributed by atoms with Crippen LogP contribution in [-0.4, -0.2) is 34.2 Å². The van der Waals surface area contributed by atoms with Crippen molar-refractivity contribution in [3.05, 3.63) is 59.4 Å². The molecule has 6 nitrogen and oxygen atoms in total. The number of anilines is 1. The molecule has 0 aromatic heterocycles. The molecule has 0 aliphatic heterocycles. The molecule has 0 saturated carbocycles. The van der Waals surface area contributed by atoms with E-state index in [0.717, 1.165) is 16.1 Å². The van der Waals surface area contributed by atoms with Crippen molar-refractivity contribution in [1.29, 1.82) is 0 Å². The molecule has 0 radical (unpaired) electrons. The number of halogens is 1. The maximum Gasteiger partial charge on any atom is 0.241 e. The van der Waals surface area contributed by atoms with Gasteiger partial charge >= 0.3 is 0 Å². The third-order valence-corrected chi connectivity index (χ3v) is 5.16. The Morgan fingerprint density at radius 1 is 1.22 bits per heavy atom. The summed E-state index contributed by atoms with van der Waals surface area (Å²) in [5.41, 5.74) is 1.84. The topological polar surface area (TPSA) is 75.7 Å². The third kappa shape index (κ3) is 5.43. The van der Waals surface area contributed by atoms with Gasteiger partial charge in [0, 0.05) is 0 Å². The minimum atomic E-state index is -3.73. The molecule has 0 bridgehead atoms. The van der Waals surface area contributed by atoms with Gasteiger partial charge in [-0.05, 0) is 49.2 Å². The van der Waals surface area contributed by atoms with Crippen molar-refractivity contribution in [1.82, 2.24) is 5.32 Å². The maximum absolute atomic E-state index is 13.0. The fourth-order valence-electron chi connectivity index (χ4n) is 2.63. The summed E-state index contributed by atoms with van der Waals surface area (Å²) in [6.07, 6.45) is 1.03. The third-order valence-electron chi connectivity index (χ3n) is 4.04. The molecular formula is C19H23FN2O4S. The minimum absolute atomic E-state index is 0.296. The van der Waals surface area contributed by atoms with Crippen LogP contribution in [0, 0.1) is 12.7 Å². The molecule has 0 aliphatic rings. The van der Waals surface area contributed by atoms with E-state index < -0.39 is 28.5 Å². The van der Waals surface area contributed by atoms with Crippen LogP contribution in [0.25, 0.3) is 0 Å². The van der Waals surface area contributed by atoms with Gasteiger partial charge in [-0.2, -0.15) is 0 Å². The lowest BCUT2D eigenvalue weighted by Gasteiger charge is -2.25. The molecule has 27 heavy (non-hydrogen) atoms. The average molecular weight is 394 g/mol. The Balaban J connectivity index is 2.23. The van der Waals surface area contributed by atoms with Gasteiger partial charge in [0.2, 0.25) is 15.9 Å². The van der Waals surface area contributed by atoms with Crippen LogP contribution in [0.1, 0.15) is 24.1 Å². The fourth-order valence-corrected chi connectivity index (χ4v) is 3.48. The Kier molecular flexibility index (Phi) is 6.43. The normalized spacial score (nSPS) is 12.3. The zero-order valence-electron chi connectivity index (χ0n) is 15.7. The quantitative estimate of drug-likeness (QED) is 0.784. The van der Waals surface area contributed by atoms with Gasteiger partial charge in [-0.25, -0.2) is 12.8 Å². The monoisotopic (exact) mass is 394 g/mol. The Bertz CT molecular complexity index is 914. The van der Waals surface area contributed by atoms with Crippen molar-refractivity contribution in [2.24, 2.45) is 0 Å². The van der Waals surface area contributed by atoms with Crippen molar-refractivity contribution in [3.8, 4) is 5.75 Å². The second kappa shape index (κ2) is 8.39. The Morgan fingerprint density at radius 2 is 1.85 bits per heavy atom. The summed E-state index contributed by atoms with van der Waals surface area (Å²) in [6, 6.07) is 10.4. The van der Waals surface area contributed by atoms with Crippen molar-refractivity contribution >= 4 is 21.6 Å². The second-order valence-corrected chi connectivity index (χ2v) is 8.19. The predicted octanol–water partition coefficient (Wildman–Crippen LogP) is 2.79. The summed E-state index contributed by atoms with van der Waals surface area (Å²) in [7, 11) is -2.29. The number of nitrogens with zero attached hydrogens (tertiary/aromatic N) is 1. The van der Waals surface area contributed by atoms with Gasteiger partial charge < -0.3 is 10.1 Å². The van der Waals surface area contributed by atoms with E-state index in [1.165, 1.54) is 19.2 Å². The highest BCUT2D eigenvalue weighted by Crippen LogP contribution is 2.30. The van der Waals surface area contributed by atoms with E-state index >= 15 is 0 Å².